The van der Waals surface area contributed by atoms with E-state index in [1.165, 1.54) is 11.3 Å². The normalized spacial score (nSPS) is 17.9. The molecule has 0 spiro atoms. The van der Waals surface area contributed by atoms with Gasteiger partial charge in [-0.3, -0.25) is 0 Å². The quantitative estimate of drug-likeness (QED) is 0.923. The highest BCUT2D eigenvalue weighted by Gasteiger charge is 2.15. The van der Waals surface area contributed by atoms with Gasteiger partial charge in [0.05, 0.1) is 13.2 Å². The molecule has 4 rings (SSSR count). The van der Waals surface area contributed by atoms with E-state index in [1.54, 1.807) is 0 Å². The number of rotatable bonds is 4. The van der Waals surface area contributed by atoms with Gasteiger partial charge in [0.25, 0.3) is 0 Å². The molecule has 1 fully saturated rings. The van der Waals surface area contributed by atoms with Crippen molar-refractivity contribution in [3.05, 3.63) is 48.0 Å². The van der Waals surface area contributed by atoms with Gasteiger partial charge in [-0.15, -0.1) is 0 Å². The predicted molar refractivity (Wildman–Crippen MR) is 98.9 cm³/mol. The molecule has 2 aromatic rings. The van der Waals surface area contributed by atoms with Crippen LogP contribution in [0.4, 0.5) is 11.4 Å². The Bertz CT molecular complexity index is 729. The Labute approximate surface area is 148 Å². The number of fused-ring (bicyclic) bond motifs is 1. The molecule has 0 unspecified atom stereocenters. The van der Waals surface area contributed by atoms with Crippen molar-refractivity contribution in [3.63, 3.8) is 0 Å². The standard InChI is InChI=1S/C20H24N2O3/c1-15(16-5-6-19-20(13-16)25-12-11-24-19)21-17-3-2-4-18(14-17)22-7-9-23-10-8-22/h2-6,13-15,21H,7-12H2,1H3/t15-/m0/s1. The first-order chi connectivity index (χ1) is 12.3. The highest BCUT2D eigenvalue weighted by atomic mass is 16.6. The second-order valence-electron chi connectivity index (χ2n) is 6.42. The fraction of sp³-hybridized carbons (Fsp3) is 0.400. The summed E-state index contributed by atoms with van der Waals surface area (Å²) >= 11 is 0. The molecular weight excluding hydrogens is 316 g/mol. The molecule has 0 saturated carbocycles. The third-order valence-electron chi connectivity index (χ3n) is 4.67. The molecule has 0 aliphatic carbocycles. The summed E-state index contributed by atoms with van der Waals surface area (Å²) in [6.45, 7) is 6.88. The molecule has 1 atom stereocenters. The summed E-state index contributed by atoms with van der Waals surface area (Å²) in [6, 6.07) is 14.9. The first-order valence-corrected chi connectivity index (χ1v) is 8.88. The van der Waals surface area contributed by atoms with Gasteiger partial charge in [0.1, 0.15) is 13.2 Å². The van der Waals surface area contributed by atoms with Crippen LogP contribution in [0.3, 0.4) is 0 Å². The maximum Gasteiger partial charge on any atom is 0.161 e. The fourth-order valence-electron chi connectivity index (χ4n) is 3.28. The number of morpholine rings is 1. The van der Waals surface area contributed by atoms with E-state index in [-0.39, 0.29) is 6.04 Å². The van der Waals surface area contributed by atoms with Gasteiger partial charge in [0, 0.05) is 30.5 Å². The molecule has 0 amide bonds. The second-order valence-corrected chi connectivity index (χ2v) is 6.42. The van der Waals surface area contributed by atoms with Crippen LogP contribution >= 0.6 is 0 Å². The van der Waals surface area contributed by atoms with Crippen molar-refractivity contribution in [2.24, 2.45) is 0 Å². The number of benzene rings is 2. The lowest BCUT2D eigenvalue weighted by Crippen LogP contribution is -2.36. The summed E-state index contributed by atoms with van der Waals surface area (Å²) in [4.78, 5) is 2.36. The van der Waals surface area contributed by atoms with Gasteiger partial charge < -0.3 is 24.4 Å². The van der Waals surface area contributed by atoms with E-state index in [0.29, 0.717) is 13.2 Å². The average molecular weight is 340 g/mol. The Morgan fingerprint density at radius 3 is 2.56 bits per heavy atom. The molecule has 2 heterocycles. The number of nitrogens with one attached hydrogen (secondary N) is 1. The Morgan fingerprint density at radius 2 is 1.72 bits per heavy atom. The molecule has 2 aliphatic heterocycles. The molecule has 0 aromatic heterocycles. The van der Waals surface area contributed by atoms with Crippen LogP contribution in [-0.4, -0.2) is 39.5 Å². The lowest BCUT2D eigenvalue weighted by molar-refractivity contribution is 0.122. The first kappa shape index (κ1) is 16.1. The highest BCUT2D eigenvalue weighted by molar-refractivity contribution is 5.59. The molecule has 25 heavy (non-hydrogen) atoms. The SMILES string of the molecule is C[C@H](Nc1cccc(N2CCOCC2)c1)c1ccc2c(c1)OCCO2. The summed E-state index contributed by atoms with van der Waals surface area (Å²) < 4.78 is 16.7. The van der Waals surface area contributed by atoms with Crippen molar-refractivity contribution in [2.75, 3.05) is 49.7 Å². The summed E-state index contributed by atoms with van der Waals surface area (Å²) in [5, 5.41) is 3.59. The van der Waals surface area contributed by atoms with E-state index < -0.39 is 0 Å². The molecular formula is C20H24N2O3. The lowest BCUT2D eigenvalue weighted by atomic mass is 10.1. The topological polar surface area (TPSA) is 43.0 Å². The van der Waals surface area contributed by atoms with Gasteiger partial charge in [-0.05, 0) is 42.8 Å². The summed E-state index contributed by atoms with van der Waals surface area (Å²) in [6.07, 6.45) is 0. The Kier molecular flexibility index (Phi) is 4.65. The number of hydrogen-bond acceptors (Lipinski definition) is 5. The lowest BCUT2D eigenvalue weighted by Gasteiger charge is -2.29. The number of ether oxygens (including phenoxy) is 3. The van der Waals surface area contributed by atoms with Crippen LogP contribution in [0.5, 0.6) is 11.5 Å². The molecule has 5 nitrogen and oxygen atoms in total. The van der Waals surface area contributed by atoms with Crippen molar-refractivity contribution in [1.82, 2.24) is 0 Å². The van der Waals surface area contributed by atoms with Gasteiger partial charge in [-0.2, -0.15) is 0 Å². The summed E-state index contributed by atoms with van der Waals surface area (Å²) in [7, 11) is 0. The minimum Gasteiger partial charge on any atom is -0.486 e. The Balaban J connectivity index is 1.48. The highest BCUT2D eigenvalue weighted by Crippen LogP contribution is 2.33. The molecule has 2 aliphatic rings. The monoisotopic (exact) mass is 340 g/mol. The van der Waals surface area contributed by atoms with Crippen LogP contribution in [0.1, 0.15) is 18.5 Å². The van der Waals surface area contributed by atoms with Crippen molar-refractivity contribution < 1.29 is 14.2 Å². The smallest absolute Gasteiger partial charge is 0.161 e. The first-order valence-electron chi connectivity index (χ1n) is 8.88. The van der Waals surface area contributed by atoms with E-state index in [1.807, 2.05) is 6.07 Å². The van der Waals surface area contributed by atoms with Crippen LogP contribution < -0.4 is 19.7 Å². The van der Waals surface area contributed by atoms with Crippen LogP contribution in [-0.2, 0) is 4.74 Å². The third kappa shape index (κ3) is 3.66. The van der Waals surface area contributed by atoms with Gasteiger partial charge in [-0.1, -0.05) is 12.1 Å². The maximum absolute atomic E-state index is 5.69. The fourth-order valence-corrected chi connectivity index (χ4v) is 3.28. The second kappa shape index (κ2) is 7.23. The summed E-state index contributed by atoms with van der Waals surface area (Å²) in [5.41, 5.74) is 3.54. The van der Waals surface area contributed by atoms with Crippen molar-refractivity contribution >= 4 is 11.4 Å². The van der Waals surface area contributed by atoms with Crippen LogP contribution in [0, 0.1) is 0 Å². The molecule has 132 valence electrons. The number of nitrogens with zero attached hydrogens (tertiary/aromatic N) is 1. The molecule has 2 aromatic carbocycles. The summed E-state index contributed by atoms with van der Waals surface area (Å²) in [5.74, 6) is 1.66. The van der Waals surface area contributed by atoms with Crippen LogP contribution in [0.2, 0.25) is 0 Å². The van der Waals surface area contributed by atoms with E-state index >= 15 is 0 Å². The zero-order chi connectivity index (χ0) is 17.1. The van der Waals surface area contributed by atoms with Crippen LogP contribution in [0.15, 0.2) is 42.5 Å². The minimum absolute atomic E-state index is 0.177. The van der Waals surface area contributed by atoms with Gasteiger partial charge in [-0.25, -0.2) is 0 Å². The predicted octanol–water partition coefficient (Wildman–Crippen LogP) is 3.47. The molecule has 5 heteroatoms. The molecule has 0 radical (unpaired) electrons. The van der Waals surface area contributed by atoms with E-state index in [4.69, 9.17) is 14.2 Å². The molecule has 0 bridgehead atoms. The van der Waals surface area contributed by atoms with Crippen molar-refractivity contribution in [3.8, 4) is 11.5 Å². The number of anilines is 2. The Hall–Kier alpha value is -2.40. The Morgan fingerprint density at radius 1 is 0.920 bits per heavy atom. The van der Waals surface area contributed by atoms with Gasteiger partial charge in [0.15, 0.2) is 11.5 Å². The maximum atomic E-state index is 5.69. The third-order valence-corrected chi connectivity index (χ3v) is 4.67. The van der Waals surface area contributed by atoms with Gasteiger partial charge >= 0.3 is 0 Å². The molecule has 1 saturated heterocycles. The largest absolute Gasteiger partial charge is 0.486 e. The zero-order valence-corrected chi connectivity index (χ0v) is 14.5. The molecule has 1 N–H and O–H groups in total. The van der Waals surface area contributed by atoms with Crippen molar-refractivity contribution in [1.29, 1.82) is 0 Å². The van der Waals surface area contributed by atoms with E-state index in [2.05, 4.69) is 53.5 Å². The number of hydrogen-bond donors (Lipinski definition) is 1. The zero-order valence-electron chi connectivity index (χ0n) is 14.5. The average Bonchev–Trinajstić information content (AvgIpc) is 2.68. The van der Waals surface area contributed by atoms with E-state index in [0.717, 1.165) is 43.5 Å². The van der Waals surface area contributed by atoms with E-state index in [9.17, 15) is 0 Å². The minimum atomic E-state index is 0.177. The van der Waals surface area contributed by atoms with Gasteiger partial charge in [0.2, 0.25) is 0 Å². The van der Waals surface area contributed by atoms with Crippen molar-refractivity contribution in [2.45, 2.75) is 13.0 Å². The van der Waals surface area contributed by atoms with Crippen LogP contribution in [0.25, 0.3) is 0 Å².